The van der Waals surface area contributed by atoms with E-state index in [1.54, 1.807) is 23.0 Å². The van der Waals surface area contributed by atoms with E-state index >= 15 is 0 Å². The van der Waals surface area contributed by atoms with Crippen LogP contribution in [0.25, 0.3) is 5.69 Å². The molecule has 0 N–H and O–H groups in total. The second-order valence-corrected chi connectivity index (χ2v) is 2.67. The first-order valence-electron chi connectivity index (χ1n) is 4.08. The van der Waals surface area contributed by atoms with Gasteiger partial charge in [-0.05, 0) is 30.3 Å². The third-order valence-corrected chi connectivity index (χ3v) is 1.79. The summed E-state index contributed by atoms with van der Waals surface area (Å²) in [6.45, 7) is 0. The van der Waals surface area contributed by atoms with Crippen molar-refractivity contribution in [1.29, 1.82) is 0 Å². The van der Waals surface area contributed by atoms with Gasteiger partial charge >= 0.3 is 0 Å². The van der Waals surface area contributed by atoms with Gasteiger partial charge in [0.1, 0.15) is 0 Å². The van der Waals surface area contributed by atoms with Gasteiger partial charge < -0.3 is 0 Å². The zero-order valence-corrected chi connectivity index (χ0v) is 7.29. The van der Waals surface area contributed by atoms with Crippen molar-refractivity contribution in [2.75, 3.05) is 0 Å². The van der Waals surface area contributed by atoms with E-state index in [9.17, 15) is 4.79 Å². The first kappa shape index (κ1) is 8.41. The Morgan fingerprint density at radius 1 is 1.29 bits per heavy atom. The highest BCUT2D eigenvalue weighted by Crippen LogP contribution is 2.14. The summed E-state index contributed by atoms with van der Waals surface area (Å²) in [6.07, 6.45) is 5.04. The topological polar surface area (TPSA) is 47.2 Å². The van der Waals surface area contributed by atoms with E-state index in [0.717, 1.165) is 5.69 Å². The maximum absolute atomic E-state index is 9.98. The lowest BCUT2D eigenvalue weighted by Gasteiger charge is -1.99. The van der Waals surface area contributed by atoms with Crippen molar-refractivity contribution in [2.45, 2.75) is 0 Å². The Kier molecular flexibility index (Phi) is 2.21. The van der Waals surface area contributed by atoms with Crippen LogP contribution in [-0.2, 0) is 4.79 Å². The number of hydrogen-bond acceptors (Lipinski definition) is 3. The van der Waals surface area contributed by atoms with Crippen LogP contribution >= 0.6 is 0 Å². The standard InChI is InChI=1S/C10H7N3O/c14-8-11-9-2-4-10(5-3-9)13-7-1-6-12-13/h1-7H. The van der Waals surface area contributed by atoms with E-state index in [4.69, 9.17) is 0 Å². The minimum Gasteiger partial charge on any atom is -0.241 e. The molecule has 1 aromatic heterocycles. The third kappa shape index (κ3) is 1.60. The third-order valence-electron chi connectivity index (χ3n) is 1.79. The molecule has 0 saturated carbocycles. The van der Waals surface area contributed by atoms with Crippen LogP contribution < -0.4 is 0 Å². The van der Waals surface area contributed by atoms with Crippen LogP contribution in [0.4, 0.5) is 5.69 Å². The Labute approximate surface area is 80.5 Å². The summed E-state index contributed by atoms with van der Waals surface area (Å²) in [6, 6.07) is 8.99. The molecule has 0 aliphatic rings. The highest BCUT2D eigenvalue weighted by Gasteiger charge is 1.95. The van der Waals surface area contributed by atoms with Crippen LogP contribution in [0.3, 0.4) is 0 Å². The fourth-order valence-electron chi connectivity index (χ4n) is 1.15. The number of rotatable bonds is 2. The molecular weight excluding hydrogens is 178 g/mol. The van der Waals surface area contributed by atoms with Crippen molar-refractivity contribution >= 4 is 11.8 Å². The Morgan fingerprint density at radius 3 is 2.64 bits per heavy atom. The number of aromatic nitrogens is 2. The maximum Gasteiger partial charge on any atom is 0.240 e. The second kappa shape index (κ2) is 3.68. The summed E-state index contributed by atoms with van der Waals surface area (Å²) < 4.78 is 1.73. The van der Waals surface area contributed by atoms with E-state index in [-0.39, 0.29) is 0 Å². The SMILES string of the molecule is O=C=Nc1ccc(-n2cccn2)cc1. The van der Waals surface area contributed by atoms with Crippen molar-refractivity contribution in [3.05, 3.63) is 42.7 Å². The fourth-order valence-corrected chi connectivity index (χ4v) is 1.15. The molecule has 2 rings (SSSR count). The number of aliphatic imine (C=N–C) groups is 1. The Hall–Kier alpha value is -2.19. The molecule has 0 radical (unpaired) electrons. The maximum atomic E-state index is 9.98. The van der Waals surface area contributed by atoms with Crippen molar-refractivity contribution in [2.24, 2.45) is 4.99 Å². The summed E-state index contributed by atoms with van der Waals surface area (Å²) >= 11 is 0. The molecule has 0 aliphatic carbocycles. The summed E-state index contributed by atoms with van der Waals surface area (Å²) in [4.78, 5) is 13.5. The zero-order valence-electron chi connectivity index (χ0n) is 7.29. The molecule has 14 heavy (non-hydrogen) atoms. The van der Waals surface area contributed by atoms with E-state index in [1.807, 2.05) is 24.4 Å². The van der Waals surface area contributed by atoms with Crippen molar-refractivity contribution < 1.29 is 4.79 Å². The van der Waals surface area contributed by atoms with Gasteiger partial charge in [0.05, 0.1) is 11.4 Å². The second-order valence-electron chi connectivity index (χ2n) is 2.67. The smallest absolute Gasteiger partial charge is 0.240 e. The minimum absolute atomic E-state index is 0.593. The number of isocyanates is 1. The average molecular weight is 185 g/mol. The number of hydrogen-bond donors (Lipinski definition) is 0. The molecule has 0 atom stereocenters. The summed E-state index contributed by atoms with van der Waals surface area (Å²) in [5.74, 6) is 0. The van der Waals surface area contributed by atoms with E-state index in [0.29, 0.717) is 5.69 Å². The average Bonchev–Trinajstić information content (AvgIpc) is 2.72. The van der Waals surface area contributed by atoms with Gasteiger partial charge in [0.25, 0.3) is 0 Å². The van der Waals surface area contributed by atoms with E-state index in [1.165, 1.54) is 6.08 Å². The lowest BCUT2D eigenvalue weighted by Crippen LogP contribution is -1.92. The molecule has 0 fully saturated rings. The molecule has 4 nitrogen and oxygen atoms in total. The highest BCUT2D eigenvalue weighted by atomic mass is 16.1. The van der Waals surface area contributed by atoms with Crippen LogP contribution in [0.5, 0.6) is 0 Å². The van der Waals surface area contributed by atoms with Crippen LogP contribution in [0.2, 0.25) is 0 Å². The predicted octanol–water partition coefficient (Wildman–Crippen LogP) is 1.84. The van der Waals surface area contributed by atoms with Gasteiger partial charge in [-0.3, -0.25) is 0 Å². The first-order chi connectivity index (χ1) is 6.90. The normalized spacial score (nSPS) is 9.43. The Balaban J connectivity index is 2.35. The molecule has 2 aromatic rings. The molecule has 1 heterocycles. The number of carbonyl (C=O) groups excluding carboxylic acids is 1. The van der Waals surface area contributed by atoms with Crippen LogP contribution in [0, 0.1) is 0 Å². The molecule has 68 valence electrons. The monoisotopic (exact) mass is 185 g/mol. The van der Waals surface area contributed by atoms with Crippen LogP contribution in [-0.4, -0.2) is 15.9 Å². The minimum atomic E-state index is 0.593. The lowest BCUT2D eigenvalue weighted by atomic mass is 10.3. The van der Waals surface area contributed by atoms with Crippen molar-refractivity contribution in [1.82, 2.24) is 9.78 Å². The Morgan fingerprint density at radius 2 is 2.07 bits per heavy atom. The van der Waals surface area contributed by atoms with Gasteiger partial charge in [0.2, 0.25) is 6.08 Å². The largest absolute Gasteiger partial charge is 0.241 e. The molecule has 0 saturated heterocycles. The molecule has 0 spiro atoms. The predicted molar refractivity (Wildman–Crippen MR) is 51.3 cm³/mol. The highest BCUT2D eigenvalue weighted by molar-refractivity contribution is 5.51. The van der Waals surface area contributed by atoms with Crippen molar-refractivity contribution in [3.8, 4) is 5.69 Å². The molecular formula is C10H7N3O. The fraction of sp³-hybridized carbons (Fsp3) is 0. The van der Waals surface area contributed by atoms with Gasteiger partial charge in [-0.25, -0.2) is 9.48 Å². The molecule has 0 unspecified atom stereocenters. The van der Waals surface area contributed by atoms with Gasteiger partial charge in [-0.1, -0.05) is 0 Å². The van der Waals surface area contributed by atoms with E-state index < -0.39 is 0 Å². The van der Waals surface area contributed by atoms with Gasteiger partial charge in [0.15, 0.2) is 0 Å². The molecule has 0 amide bonds. The number of benzene rings is 1. The quantitative estimate of drug-likeness (QED) is 0.529. The molecule has 0 bridgehead atoms. The van der Waals surface area contributed by atoms with Crippen LogP contribution in [0.15, 0.2) is 47.7 Å². The van der Waals surface area contributed by atoms with Gasteiger partial charge in [0, 0.05) is 12.4 Å². The Bertz CT molecular complexity index is 453. The van der Waals surface area contributed by atoms with Crippen LogP contribution in [0.1, 0.15) is 0 Å². The number of nitrogens with zero attached hydrogens (tertiary/aromatic N) is 3. The summed E-state index contributed by atoms with van der Waals surface area (Å²) in [7, 11) is 0. The summed E-state index contributed by atoms with van der Waals surface area (Å²) in [5.41, 5.74) is 1.52. The zero-order chi connectivity index (χ0) is 9.80. The summed E-state index contributed by atoms with van der Waals surface area (Å²) in [5, 5.41) is 4.07. The molecule has 1 aromatic carbocycles. The van der Waals surface area contributed by atoms with Gasteiger partial charge in [-0.2, -0.15) is 10.1 Å². The van der Waals surface area contributed by atoms with Crippen molar-refractivity contribution in [3.63, 3.8) is 0 Å². The molecule has 0 aliphatic heterocycles. The first-order valence-corrected chi connectivity index (χ1v) is 4.08. The van der Waals surface area contributed by atoms with Gasteiger partial charge in [-0.15, -0.1) is 0 Å². The lowest BCUT2D eigenvalue weighted by molar-refractivity contribution is 0.565. The molecule has 4 heteroatoms. The van der Waals surface area contributed by atoms with E-state index in [2.05, 4.69) is 10.1 Å².